The molecule has 0 fully saturated rings. The molecule has 1 rings (SSSR count). The number of carboxylic acid groups (broad SMARTS) is 1. The van der Waals surface area contributed by atoms with Gasteiger partial charge in [-0.25, -0.2) is 14.2 Å². The molecule has 86 valence electrons. The lowest BCUT2D eigenvalue weighted by atomic mass is 10.2. The van der Waals surface area contributed by atoms with Crippen LogP contribution < -0.4 is 5.32 Å². The average molecular weight is 224 g/mol. The van der Waals surface area contributed by atoms with Crippen molar-refractivity contribution in [2.75, 3.05) is 11.9 Å². The normalized spacial score (nSPS) is 10.6. The lowest BCUT2D eigenvalue weighted by Gasteiger charge is -2.06. The van der Waals surface area contributed by atoms with E-state index < -0.39 is 11.8 Å². The molecule has 0 aliphatic carbocycles. The summed E-state index contributed by atoms with van der Waals surface area (Å²) in [5.74, 6) is -2.14. The number of nitrogens with zero attached hydrogens (tertiary/aromatic N) is 1. The molecule has 0 aromatic carbocycles. The maximum Gasteiger partial charge on any atom is 0.338 e. The predicted octanol–water partition coefficient (Wildman–Crippen LogP) is 2.30. The number of pyridine rings is 1. The first-order chi connectivity index (χ1) is 7.66. The Labute approximate surface area is 92.8 Å². The summed E-state index contributed by atoms with van der Waals surface area (Å²) in [5.41, 5.74) is -0.372. The highest BCUT2D eigenvalue weighted by atomic mass is 19.1. The Kier molecular flexibility index (Phi) is 4.44. The van der Waals surface area contributed by atoms with E-state index in [1.807, 2.05) is 19.1 Å². The minimum atomic E-state index is -1.29. The number of aromatic carboxylic acids is 1. The third-order valence-electron chi connectivity index (χ3n) is 1.96. The van der Waals surface area contributed by atoms with E-state index in [2.05, 4.69) is 10.3 Å². The van der Waals surface area contributed by atoms with Crippen molar-refractivity contribution in [2.24, 2.45) is 0 Å². The molecule has 2 N–H and O–H groups in total. The van der Waals surface area contributed by atoms with Gasteiger partial charge in [0.1, 0.15) is 5.56 Å². The molecule has 1 aromatic rings. The largest absolute Gasteiger partial charge is 0.478 e. The van der Waals surface area contributed by atoms with Gasteiger partial charge in [-0.3, -0.25) is 0 Å². The molecule has 0 saturated carbocycles. The zero-order valence-electron chi connectivity index (χ0n) is 8.90. The summed E-state index contributed by atoms with van der Waals surface area (Å²) in [4.78, 5) is 14.4. The topological polar surface area (TPSA) is 62.2 Å². The maximum atomic E-state index is 13.5. The van der Waals surface area contributed by atoms with E-state index in [9.17, 15) is 9.18 Å². The van der Waals surface area contributed by atoms with E-state index in [1.165, 1.54) is 6.20 Å². The van der Waals surface area contributed by atoms with Crippen LogP contribution >= 0.6 is 0 Å². The first-order valence-corrected chi connectivity index (χ1v) is 4.89. The van der Waals surface area contributed by atoms with Crippen LogP contribution in [0.4, 0.5) is 10.2 Å². The third kappa shape index (κ3) is 3.05. The number of rotatable bonds is 5. The number of carbonyl (C=O) groups is 1. The number of allylic oxidation sites excluding steroid dienone is 1. The van der Waals surface area contributed by atoms with Crippen LogP contribution in [0.15, 0.2) is 24.4 Å². The second kappa shape index (κ2) is 5.85. The Morgan fingerprint density at radius 1 is 1.69 bits per heavy atom. The van der Waals surface area contributed by atoms with Gasteiger partial charge in [-0.1, -0.05) is 12.2 Å². The Bertz CT molecular complexity index is 405. The van der Waals surface area contributed by atoms with Gasteiger partial charge in [0, 0.05) is 12.7 Å². The van der Waals surface area contributed by atoms with Gasteiger partial charge >= 0.3 is 5.97 Å². The van der Waals surface area contributed by atoms with Crippen LogP contribution in [0.3, 0.4) is 0 Å². The standard InChI is InChI=1S/C11H13FN2O2/c1-2-3-4-6-13-10-9(12)8(11(15)16)5-7-14-10/h2-3,5,7H,4,6H2,1H3,(H,13,14)(H,15,16)/b3-2+. The SMILES string of the molecule is C/C=C/CCNc1nccc(C(=O)O)c1F. The van der Waals surface area contributed by atoms with Crippen LogP contribution in [0, 0.1) is 5.82 Å². The molecule has 16 heavy (non-hydrogen) atoms. The van der Waals surface area contributed by atoms with Crippen LogP contribution in [-0.2, 0) is 0 Å². The summed E-state index contributed by atoms with van der Waals surface area (Å²) in [6.45, 7) is 2.40. The number of nitrogens with one attached hydrogen (secondary N) is 1. The minimum absolute atomic E-state index is 0.0237. The highest BCUT2D eigenvalue weighted by Gasteiger charge is 2.14. The first kappa shape index (κ1) is 12.2. The third-order valence-corrected chi connectivity index (χ3v) is 1.96. The highest BCUT2D eigenvalue weighted by Crippen LogP contribution is 2.14. The summed E-state index contributed by atoms with van der Waals surface area (Å²) in [7, 11) is 0. The van der Waals surface area contributed by atoms with Gasteiger partial charge in [0.25, 0.3) is 0 Å². The quantitative estimate of drug-likeness (QED) is 0.595. The molecule has 0 bridgehead atoms. The van der Waals surface area contributed by atoms with Crippen LogP contribution in [0.5, 0.6) is 0 Å². The molecule has 0 saturated heterocycles. The number of hydrogen-bond acceptors (Lipinski definition) is 3. The number of halogens is 1. The summed E-state index contributed by atoms with van der Waals surface area (Å²) in [6.07, 6.45) is 5.81. The predicted molar refractivity (Wildman–Crippen MR) is 59.1 cm³/mol. The molecule has 5 heteroatoms. The second-order valence-electron chi connectivity index (χ2n) is 3.11. The van der Waals surface area contributed by atoms with Gasteiger partial charge in [0.2, 0.25) is 0 Å². The van der Waals surface area contributed by atoms with Crippen LogP contribution in [0.25, 0.3) is 0 Å². The van der Waals surface area contributed by atoms with Crippen molar-refractivity contribution in [3.05, 3.63) is 35.8 Å². The lowest BCUT2D eigenvalue weighted by Crippen LogP contribution is -2.09. The first-order valence-electron chi connectivity index (χ1n) is 4.89. The summed E-state index contributed by atoms with van der Waals surface area (Å²) in [5, 5.41) is 11.4. The van der Waals surface area contributed by atoms with Crippen molar-refractivity contribution in [1.82, 2.24) is 4.98 Å². The van der Waals surface area contributed by atoms with Crippen molar-refractivity contribution < 1.29 is 14.3 Å². The van der Waals surface area contributed by atoms with Crippen molar-refractivity contribution >= 4 is 11.8 Å². The number of carboxylic acids is 1. The molecule has 4 nitrogen and oxygen atoms in total. The highest BCUT2D eigenvalue weighted by molar-refractivity contribution is 5.88. The summed E-state index contributed by atoms with van der Waals surface area (Å²) in [6, 6.07) is 1.13. The molecule has 0 unspecified atom stereocenters. The Morgan fingerprint density at radius 2 is 2.44 bits per heavy atom. The zero-order valence-corrected chi connectivity index (χ0v) is 8.90. The van der Waals surface area contributed by atoms with Crippen molar-refractivity contribution in [2.45, 2.75) is 13.3 Å². The van der Waals surface area contributed by atoms with Crippen LogP contribution in [-0.4, -0.2) is 22.6 Å². The molecular weight excluding hydrogens is 211 g/mol. The van der Waals surface area contributed by atoms with Crippen molar-refractivity contribution in [1.29, 1.82) is 0 Å². The molecule has 0 aliphatic heterocycles. The Balaban J connectivity index is 2.73. The smallest absolute Gasteiger partial charge is 0.338 e. The van der Waals surface area contributed by atoms with Gasteiger partial charge < -0.3 is 10.4 Å². The van der Waals surface area contributed by atoms with E-state index in [-0.39, 0.29) is 11.4 Å². The number of hydrogen-bond donors (Lipinski definition) is 2. The Morgan fingerprint density at radius 3 is 3.06 bits per heavy atom. The van der Waals surface area contributed by atoms with Gasteiger partial charge in [-0.15, -0.1) is 0 Å². The molecule has 0 amide bonds. The molecular formula is C11H13FN2O2. The van der Waals surface area contributed by atoms with E-state index in [4.69, 9.17) is 5.11 Å². The molecule has 1 aromatic heterocycles. The van der Waals surface area contributed by atoms with Crippen LogP contribution in [0.1, 0.15) is 23.7 Å². The Hall–Kier alpha value is -1.91. The van der Waals surface area contributed by atoms with Gasteiger partial charge in [-0.05, 0) is 19.4 Å². The maximum absolute atomic E-state index is 13.5. The fraction of sp³-hybridized carbons (Fsp3) is 0.273. The van der Waals surface area contributed by atoms with E-state index in [0.717, 1.165) is 12.5 Å². The monoisotopic (exact) mass is 224 g/mol. The van der Waals surface area contributed by atoms with Gasteiger partial charge in [0.15, 0.2) is 11.6 Å². The molecule has 0 aliphatic rings. The van der Waals surface area contributed by atoms with Gasteiger partial charge in [0.05, 0.1) is 0 Å². The average Bonchev–Trinajstić information content (AvgIpc) is 2.26. The van der Waals surface area contributed by atoms with E-state index >= 15 is 0 Å². The fourth-order valence-electron chi connectivity index (χ4n) is 1.17. The van der Waals surface area contributed by atoms with E-state index in [1.54, 1.807) is 0 Å². The number of aromatic nitrogens is 1. The fourth-order valence-corrected chi connectivity index (χ4v) is 1.17. The molecule has 0 radical (unpaired) electrons. The molecule has 0 atom stereocenters. The van der Waals surface area contributed by atoms with Crippen molar-refractivity contribution in [3.8, 4) is 0 Å². The summed E-state index contributed by atoms with van der Waals surface area (Å²) >= 11 is 0. The van der Waals surface area contributed by atoms with E-state index in [0.29, 0.717) is 6.54 Å². The summed E-state index contributed by atoms with van der Waals surface area (Å²) < 4.78 is 13.5. The van der Waals surface area contributed by atoms with Gasteiger partial charge in [-0.2, -0.15) is 0 Å². The second-order valence-corrected chi connectivity index (χ2v) is 3.11. The molecule has 1 heterocycles. The minimum Gasteiger partial charge on any atom is -0.478 e. The molecule has 0 spiro atoms. The number of anilines is 1. The van der Waals surface area contributed by atoms with Crippen LogP contribution in [0.2, 0.25) is 0 Å². The lowest BCUT2D eigenvalue weighted by molar-refractivity contribution is 0.0692. The zero-order chi connectivity index (χ0) is 12.0. The van der Waals surface area contributed by atoms with Crippen molar-refractivity contribution in [3.63, 3.8) is 0 Å².